The summed E-state index contributed by atoms with van der Waals surface area (Å²) in [6, 6.07) is 15.7. The summed E-state index contributed by atoms with van der Waals surface area (Å²) < 4.78 is 16.8. The lowest BCUT2D eigenvalue weighted by Gasteiger charge is -2.25. The van der Waals surface area contributed by atoms with Crippen LogP contribution in [0.5, 0.6) is 17.2 Å². The van der Waals surface area contributed by atoms with Gasteiger partial charge in [-0.3, -0.25) is 4.79 Å². The predicted octanol–water partition coefficient (Wildman–Crippen LogP) is 4.24. The van der Waals surface area contributed by atoms with Crippen molar-refractivity contribution in [2.24, 2.45) is 0 Å². The number of hydrogen-bond donors (Lipinski definition) is 1. The molecule has 3 aromatic rings. The quantitative estimate of drug-likeness (QED) is 0.752. The van der Waals surface area contributed by atoms with Gasteiger partial charge in [-0.1, -0.05) is 30.3 Å². The van der Waals surface area contributed by atoms with Gasteiger partial charge in [-0.05, 0) is 29.8 Å². The Morgan fingerprint density at radius 2 is 1.73 bits per heavy atom. The van der Waals surface area contributed by atoms with Gasteiger partial charge in [0.05, 0.1) is 19.9 Å². The van der Waals surface area contributed by atoms with Crippen LogP contribution < -0.4 is 19.5 Å². The van der Waals surface area contributed by atoms with Gasteiger partial charge in [0.2, 0.25) is 0 Å². The van der Waals surface area contributed by atoms with Crippen LogP contribution in [0.3, 0.4) is 0 Å². The fourth-order valence-electron chi connectivity index (χ4n) is 3.30. The molecule has 1 heterocycles. The van der Waals surface area contributed by atoms with Crippen molar-refractivity contribution in [1.82, 2.24) is 0 Å². The number of methoxy groups -OCH3 is 2. The molecule has 132 valence electrons. The summed E-state index contributed by atoms with van der Waals surface area (Å²) >= 11 is 0. The minimum atomic E-state index is -0.615. The zero-order chi connectivity index (χ0) is 18.3. The molecule has 0 bridgehead atoms. The van der Waals surface area contributed by atoms with E-state index in [0.29, 0.717) is 22.9 Å². The Balaban J connectivity index is 2.09. The summed E-state index contributed by atoms with van der Waals surface area (Å²) in [5.74, 6) is 1.60. The van der Waals surface area contributed by atoms with Gasteiger partial charge in [0, 0.05) is 17.2 Å². The highest BCUT2D eigenvalue weighted by atomic mass is 16.5. The normalized spacial score (nSPS) is 15.8. The molecule has 26 heavy (non-hydrogen) atoms. The number of amides is 1. The van der Waals surface area contributed by atoms with E-state index in [4.69, 9.17) is 14.2 Å². The lowest BCUT2D eigenvalue weighted by atomic mass is 9.94. The first-order valence-corrected chi connectivity index (χ1v) is 8.38. The molecule has 0 aliphatic carbocycles. The molecule has 0 spiro atoms. The summed E-state index contributed by atoms with van der Waals surface area (Å²) in [7, 11) is 3.17. The van der Waals surface area contributed by atoms with Crippen molar-refractivity contribution in [2.45, 2.75) is 13.0 Å². The van der Waals surface area contributed by atoms with Crippen molar-refractivity contribution in [1.29, 1.82) is 0 Å². The maximum absolute atomic E-state index is 12.4. The molecule has 4 rings (SSSR count). The molecule has 1 aliphatic rings. The number of carbonyl (C=O) groups is 1. The molecule has 1 atom stereocenters. The number of ether oxygens (including phenoxy) is 3. The summed E-state index contributed by atoms with van der Waals surface area (Å²) in [4.78, 5) is 12.4. The van der Waals surface area contributed by atoms with Gasteiger partial charge in [0.25, 0.3) is 5.91 Å². The molecule has 3 aromatic carbocycles. The van der Waals surface area contributed by atoms with Crippen molar-refractivity contribution in [3.8, 4) is 28.4 Å². The van der Waals surface area contributed by atoms with Crippen LogP contribution in [0.25, 0.3) is 21.9 Å². The minimum Gasteiger partial charge on any atom is -0.493 e. The Labute approximate surface area is 151 Å². The monoisotopic (exact) mass is 349 g/mol. The van der Waals surface area contributed by atoms with Crippen LogP contribution in [0.15, 0.2) is 48.5 Å². The lowest BCUT2D eigenvalue weighted by molar-refractivity contribution is -0.122. The number of benzene rings is 3. The molecule has 1 N–H and O–H groups in total. The molecule has 0 radical (unpaired) electrons. The molecule has 1 aliphatic heterocycles. The van der Waals surface area contributed by atoms with Crippen LogP contribution in [-0.4, -0.2) is 26.2 Å². The molecule has 0 fully saturated rings. The lowest BCUT2D eigenvalue weighted by Crippen LogP contribution is -2.31. The van der Waals surface area contributed by atoms with E-state index in [1.54, 1.807) is 27.2 Å². The molecule has 5 heteroatoms. The van der Waals surface area contributed by atoms with Crippen molar-refractivity contribution in [3.05, 3.63) is 48.5 Å². The number of hydrogen-bond acceptors (Lipinski definition) is 4. The highest BCUT2D eigenvalue weighted by Crippen LogP contribution is 2.46. The maximum atomic E-state index is 12.4. The van der Waals surface area contributed by atoms with Crippen molar-refractivity contribution >= 4 is 22.4 Å². The smallest absolute Gasteiger partial charge is 0.265 e. The Morgan fingerprint density at radius 1 is 1.00 bits per heavy atom. The fourth-order valence-corrected chi connectivity index (χ4v) is 3.30. The standard InChI is InChI=1S/C21H19NO4/c1-12-21(23)22-16-11-19(25-3)18(24-2)10-15(16)20-14-7-5-4-6-13(14)8-9-17(20)26-12/h4-12H,1-3H3,(H,22,23)/t12-/m0/s1. The zero-order valence-corrected chi connectivity index (χ0v) is 14.8. The number of carbonyl (C=O) groups excluding carboxylic acids is 1. The Bertz CT molecular complexity index is 1010. The molecule has 0 unspecified atom stereocenters. The van der Waals surface area contributed by atoms with Crippen LogP contribution in [0.2, 0.25) is 0 Å². The molecular formula is C21H19NO4. The van der Waals surface area contributed by atoms with Gasteiger partial charge in [-0.15, -0.1) is 0 Å². The molecular weight excluding hydrogens is 330 g/mol. The van der Waals surface area contributed by atoms with Crippen LogP contribution >= 0.6 is 0 Å². The van der Waals surface area contributed by atoms with Crippen molar-refractivity contribution < 1.29 is 19.0 Å². The third kappa shape index (κ3) is 2.52. The summed E-state index contributed by atoms with van der Waals surface area (Å²) in [5.41, 5.74) is 2.42. The van der Waals surface area contributed by atoms with E-state index in [2.05, 4.69) is 11.4 Å². The molecule has 5 nitrogen and oxygen atoms in total. The third-order valence-electron chi connectivity index (χ3n) is 4.61. The maximum Gasteiger partial charge on any atom is 0.265 e. The first-order chi connectivity index (χ1) is 12.6. The molecule has 0 aromatic heterocycles. The van der Waals surface area contributed by atoms with Crippen LogP contribution in [0.4, 0.5) is 5.69 Å². The minimum absolute atomic E-state index is 0.211. The van der Waals surface area contributed by atoms with Gasteiger partial charge < -0.3 is 19.5 Å². The van der Waals surface area contributed by atoms with Gasteiger partial charge in [-0.25, -0.2) is 0 Å². The first kappa shape index (κ1) is 16.3. The predicted molar refractivity (Wildman–Crippen MR) is 101 cm³/mol. The Kier molecular flexibility index (Phi) is 3.92. The van der Waals surface area contributed by atoms with Crippen LogP contribution in [0, 0.1) is 0 Å². The second-order valence-corrected chi connectivity index (χ2v) is 6.16. The Morgan fingerprint density at radius 3 is 2.50 bits per heavy atom. The van der Waals surface area contributed by atoms with E-state index in [1.807, 2.05) is 36.4 Å². The number of nitrogens with one attached hydrogen (secondary N) is 1. The first-order valence-electron chi connectivity index (χ1n) is 8.38. The summed E-state index contributed by atoms with van der Waals surface area (Å²) in [6.07, 6.45) is -0.615. The topological polar surface area (TPSA) is 56.8 Å². The average Bonchev–Trinajstić information content (AvgIpc) is 2.66. The zero-order valence-electron chi connectivity index (χ0n) is 14.8. The summed E-state index contributed by atoms with van der Waals surface area (Å²) in [6.45, 7) is 1.74. The highest BCUT2D eigenvalue weighted by molar-refractivity contribution is 6.07. The van der Waals surface area contributed by atoms with E-state index in [-0.39, 0.29) is 5.91 Å². The number of fused-ring (bicyclic) bond motifs is 5. The fraction of sp³-hybridized carbons (Fsp3) is 0.190. The summed E-state index contributed by atoms with van der Waals surface area (Å²) in [5, 5.41) is 5.08. The number of anilines is 1. The van der Waals surface area contributed by atoms with Crippen LogP contribution in [0.1, 0.15) is 6.92 Å². The molecule has 0 saturated heterocycles. The van der Waals surface area contributed by atoms with Crippen LogP contribution in [-0.2, 0) is 4.79 Å². The average molecular weight is 349 g/mol. The van der Waals surface area contributed by atoms with Crippen molar-refractivity contribution in [3.63, 3.8) is 0 Å². The van der Waals surface area contributed by atoms with Crippen molar-refractivity contribution in [2.75, 3.05) is 19.5 Å². The van der Waals surface area contributed by atoms with E-state index >= 15 is 0 Å². The molecule has 0 saturated carbocycles. The van der Waals surface area contributed by atoms with E-state index in [1.165, 1.54) is 0 Å². The largest absolute Gasteiger partial charge is 0.493 e. The van der Waals surface area contributed by atoms with Gasteiger partial charge in [0.15, 0.2) is 17.6 Å². The SMILES string of the molecule is COc1cc2c(cc1OC)-c1c(ccc3ccccc13)O[C@@H](C)C(=O)N2. The second kappa shape index (κ2) is 6.26. The van der Waals surface area contributed by atoms with Gasteiger partial charge in [0.1, 0.15) is 5.75 Å². The van der Waals surface area contributed by atoms with E-state index < -0.39 is 6.10 Å². The second-order valence-electron chi connectivity index (χ2n) is 6.16. The van der Waals surface area contributed by atoms with Gasteiger partial charge >= 0.3 is 0 Å². The highest BCUT2D eigenvalue weighted by Gasteiger charge is 2.26. The molecule has 1 amide bonds. The van der Waals surface area contributed by atoms with E-state index in [0.717, 1.165) is 21.9 Å². The van der Waals surface area contributed by atoms with Gasteiger partial charge in [-0.2, -0.15) is 0 Å². The van der Waals surface area contributed by atoms with E-state index in [9.17, 15) is 4.79 Å². The third-order valence-corrected chi connectivity index (χ3v) is 4.61. The number of rotatable bonds is 2. The Hall–Kier alpha value is -3.21.